The van der Waals surface area contributed by atoms with Gasteiger partial charge in [0.15, 0.2) is 0 Å². The van der Waals surface area contributed by atoms with E-state index in [1.807, 2.05) is 19.1 Å². The summed E-state index contributed by atoms with van der Waals surface area (Å²) in [5, 5.41) is 9.52. The fourth-order valence-electron chi connectivity index (χ4n) is 2.31. The topological polar surface area (TPSA) is 46.5 Å². The molecule has 0 spiro atoms. The molecule has 0 aliphatic rings. The van der Waals surface area contributed by atoms with Crippen LogP contribution in [0.25, 0.3) is 0 Å². The summed E-state index contributed by atoms with van der Waals surface area (Å²) in [4.78, 5) is 11.6. The number of methoxy groups -OCH3 is 1. The van der Waals surface area contributed by atoms with Crippen molar-refractivity contribution in [1.82, 2.24) is 0 Å². The predicted octanol–water partition coefficient (Wildman–Crippen LogP) is 3.55. The van der Waals surface area contributed by atoms with Crippen molar-refractivity contribution in [1.29, 1.82) is 0 Å². The maximum Gasteiger partial charge on any atom is 0.311 e. The summed E-state index contributed by atoms with van der Waals surface area (Å²) < 4.78 is 18.2. The summed E-state index contributed by atoms with van der Waals surface area (Å²) in [6.45, 7) is 1.90. The Morgan fingerprint density at radius 1 is 1.24 bits per heavy atom. The lowest BCUT2D eigenvalue weighted by Crippen LogP contribution is -2.15. The van der Waals surface area contributed by atoms with E-state index in [1.54, 1.807) is 18.2 Å². The molecule has 0 aromatic heterocycles. The molecule has 0 saturated heterocycles. The molecule has 0 radical (unpaired) electrons. The molecule has 2 aromatic rings. The maximum atomic E-state index is 12.9. The van der Waals surface area contributed by atoms with Crippen LogP contribution in [0.3, 0.4) is 0 Å². The Labute approximate surface area is 123 Å². The molecule has 0 fully saturated rings. The molecule has 2 aromatic carbocycles. The lowest BCUT2D eigenvalue weighted by Gasteiger charge is -2.17. The number of aliphatic carboxylic acids is 1. The van der Waals surface area contributed by atoms with Gasteiger partial charge >= 0.3 is 5.97 Å². The van der Waals surface area contributed by atoms with Crippen LogP contribution in [-0.4, -0.2) is 18.2 Å². The van der Waals surface area contributed by atoms with Crippen molar-refractivity contribution < 1.29 is 19.0 Å². The van der Waals surface area contributed by atoms with Crippen molar-refractivity contribution >= 4 is 5.97 Å². The van der Waals surface area contributed by atoms with Gasteiger partial charge in [-0.1, -0.05) is 29.8 Å². The zero-order valence-corrected chi connectivity index (χ0v) is 12.0. The van der Waals surface area contributed by atoms with E-state index in [0.717, 1.165) is 11.1 Å². The van der Waals surface area contributed by atoms with E-state index < -0.39 is 11.9 Å². The Bertz CT molecular complexity index is 635. The van der Waals surface area contributed by atoms with Gasteiger partial charge in [0.2, 0.25) is 0 Å². The van der Waals surface area contributed by atoms with E-state index in [2.05, 4.69) is 0 Å². The standard InChI is InChI=1S/C17H17FO3/c1-11-3-8-16(21-2)14(9-11)15(17(19)20)10-12-4-6-13(18)7-5-12/h3-9,15H,10H2,1-2H3,(H,19,20). The molecule has 1 N–H and O–H groups in total. The number of hydrogen-bond donors (Lipinski definition) is 1. The van der Waals surface area contributed by atoms with Crippen LogP contribution in [0.5, 0.6) is 5.75 Å². The number of carbonyl (C=O) groups is 1. The zero-order chi connectivity index (χ0) is 15.4. The highest BCUT2D eigenvalue weighted by Gasteiger charge is 2.24. The van der Waals surface area contributed by atoms with Crippen molar-refractivity contribution in [3.8, 4) is 5.75 Å². The predicted molar refractivity (Wildman–Crippen MR) is 78.2 cm³/mol. The fraction of sp³-hybridized carbons (Fsp3) is 0.235. The highest BCUT2D eigenvalue weighted by atomic mass is 19.1. The van der Waals surface area contributed by atoms with Crippen molar-refractivity contribution in [3.63, 3.8) is 0 Å². The van der Waals surface area contributed by atoms with E-state index in [1.165, 1.54) is 19.2 Å². The van der Waals surface area contributed by atoms with Gasteiger partial charge in [0.1, 0.15) is 11.6 Å². The molecule has 1 unspecified atom stereocenters. The molecule has 0 amide bonds. The van der Waals surface area contributed by atoms with E-state index in [4.69, 9.17) is 4.74 Å². The van der Waals surface area contributed by atoms with Crippen molar-refractivity contribution in [2.24, 2.45) is 0 Å². The minimum atomic E-state index is -0.928. The van der Waals surface area contributed by atoms with Gasteiger partial charge in [-0.2, -0.15) is 0 Å². The van der Waals surface area contributed by atoms with Gasteiger partial charge in [0.25, 0.3) is 0 Å². The minimum Gasteiger partial charge on any atom is -0.496 e. The van der Waals surface area contributed by atoms with Crippen LogP contribution >= 0.6 is 0 Å². The molecule has 0 saturated carbocycles. The monoisotopic (exact) mass is 288 g/mol. The SMILES string of the molecule is COc1ccc(C)cc1C(Cc1ccc(F)cc1)C(=O)O. The van der Waals surface area contributed by atoms with E-state index in [0.29, 0.717) is 11.3 Å². The van der Waals surface area contributed by atoms with E-state index in [-0.39, 0.29) is 12.2 Å². The second-order valence-corrected chi connectivity index (χ2v) is 4.97. The zero-order valence-electron chi connectivity index (χ0n) is 12.0. The molecular formula is C17H17FO3. The lowest BCUT2D eigenvalue weighted by molar-refractivity contribution is -0.138. The minimum absolute atomic E-state index is 0.287. The number of halogens is 1. The Morgan fingerprint density at radius 2 is 1.90 bits per heavy atom. The summed E-state index contributed by atoms with van der Waals surface area (Å²) in [6, 6.07) is 11.3. The Kier molecular flexibility index (Phi) is 4.58. The smallest absolute Gasteiger partial charge is 0.311 e. The maximum absolute atomic E-state index is 12.9. The van der Waals surface area contributed by atoms with Gasteiger partial charge in [-0.05, 0) is 37.1 Å². The molecule has 0 heterocycles. The van der Waals surface area contributed by atoms with Crippen molar-refractivity contribution in [3.05, 3.63) is 65.0 Å². The van der Waals surface area contributed by atoms with Gasteiger partial charge in [-0.25, -0.2) is 4.39 Å². The first-order chi connectivity index (χ1) is 10.0. The van der Waals surface area contributed by atoms with Gasteiger partial charge in [0, 0.05) is 5.56 Å². The molecule has 3 nitrogen and oxygen atoms in total. The Hall–Kier alpha value is -2.36. The first-order valence-electron chi connectivity index (χ1n) is 6.63. The Balaban J connectivity index is 2.37. The highest BCUT2D eigenvalue weighted by molar-refractivity contribution is 5.77. The third-order valence-corrected chi connectivity index (χ3v) is 3.41. The van der Waals surface area contributed by atoms with Crippen molar-refractivity contribution in [2.45, 2.75) is 19.3 Å². The molecule has 21 heavy (non-hydrogen) atoms. The second kappa shape index (κ2) is 6.39. The number of carboxylic acid groups (broad SMARTS) is 1. The third kappa shape index (κ3) is 3.60. The fourth-order valence-corrected chi connectivity index (χ4v) is 2.31. The molecule has 0 aliphatic heterocycles. The van der Waals surface area contributed by atoms with E-state index in [9.17, 15) is 14.3 Å². The summed E-state index contributed by atoms with van der Waals surface area (Å²) in [5.74, 6) is -1.44. The molecule has 4 heteroatoms. The summed E-state index contributed by atoms with van der Waals surface area (Å²) >= 11 is 0. The number of hydrogen-bond acceptors (Lipinski definition) is 2. The molecule has 110 valence electrons. The quantitative estimate of drug-likeness (QED) is 0.915. The summed E-state index contributed by atoms with van der Waals surface area (Å²) in [5.41, 5.74) is 2.37. The average molecular weight is 288 g/mol. The van der Waals surface area contributed by atoms with Gasteiger partial charge in [-0.3, -0.25) is 4.79 Å². The third-order valence-electron chi connectivity index (χ3n) is 3.41. The second-order valence-electron chi connectivity index (χ2n) is 4.97. The van der Waals surface area contributed by atoms with Crippen LogP contribution in [0.4, 0.5) is 4.39 Å². The van der Waals surface area contributed by atoms with Crippen LogP contribution in [0.15, 0.2) is 42.5 Å². The molecule has 0 aliphatic carbocycles. The van der Waals surface area contributed by atoms with Crippen LogP contribution < -0.4 is 4.74 Å². The Morgan fingerprint density at radius 3 is 2.48 bits per heavy atom. The first kappa shape index (κ1) is 15.0. The summed E-state index contributed by atoms with van der Waals surface area (Å²) in [7, 11) is 1.52. The van der Waals surface area contributed by atoms with Gasteiger partial charge in [0.05, 0.1) is 13.0 Å². The largest absolute Gasteiger partial charge is 0.496 e. The molecule has 2 rings (SSSR count). The number of aryl methyl sites for hydroxylation is 1. The van der Waals surface area contributed by atoms with Crippen LogP contribution in [0.1, 0.15) is 22.6 Å². The van der Waals surface area contributed by atoms with E-state index >= 15 is 0 Å². The number of carboxylic acids is 1. The van der Waals surface area contributed by atoms with Crippen LogP contribution in [0, 0.1) is 12.7 Å². The molecule has 1 atom stereocenters. The summed E-state index contributed by atoms with van der Waals surface area (Å²) in [6.07, 6.45) is 0.287. The highest BCUT2D eigenvalue weighted by Crippen LogP contribution is 2.30. The van der Waals surface area contributed by atoms with Crippen LogP contribution in [-0.2, 0) is 11.2 Å². The number of ether oxygens (including phenoxy) is 1. The molecule has 0 bridgehead atoms. The number of rotatable bonds is 5. The van der Waals surface area contributed by atoms with Gasteiger partial charge in [-0.15, -0.1) is 0 Å². The average Bonchev–Trinajstić information content (AvgIpc) is 2.46. The molecular weight excluding hydrogens is 271 g/mol. The van der Waals surface area contributed by atoms with Gasteiger partial charge < -0.3 is 9.84 Å². The normalized spacial score (nSPS) is 12.0. The lowest BCUT2D eigenvalue weighted by atomic mass is 9.90. The van der Waals surface area contributed by atoms with Crippen molar-refractivity contribution in [2.75, 3.05) is 7.11 Å². The first-order valence-corrected chi connectivity index (χ1v) is 6.63. The number of benzene rings is 2. The van der Waals surface area contributed by atoms with Crippen LogP contribution in [0.2, 0.25) is 0 Å².